The first-order chi connectivity index (χ1) is 8.24. The first-order valence-electron chi connectivity index (χ1n) is 6.18. The van der Waals surface area contributed by atoms with E-state index in [0.29, 0.717) is 11.2 Å². The summed E-state index contributed by atoms with van der Waals surface area (Å²) in [6, 6.07) is 3.28. The Morgan fingerprint density at radius 3 is 2.88 bits per heavy atom. The Bertz CT molecular complexity index is 411. The lowest BCUT2D eigenvalue weighted by Crippen LogP contribution is -2.36. The Labute approximate surface area is 107 Å². The summed E-state index contributed by atoms with van der Waals surface area (Å²) in [5.74, 6) is 0.964. The van der Waals surface area contributed by atoms with Crippen molar-refractivity contribution in [3.8, 4) is 0 Å². The van der Waals surface area contributed by atoms with Crippen molar-refractivity contribution in [1.82, 2.24) is 14.9 Å². The average Bonchev–Trinajstić information content (AvgIpc) is 2.53. The van der Waals surface area contributed by atoms with Gasteiger partial charge < -0.3 is 4.90 Å². The molecular formula is C12H17ClN4. The molecule has 4 nitrogen and oxygen atoms in total. The maximum Gasteiger partial charge on any atom is 0.134 e. The number of hydrogen-bond acceptors (Lipinski definition) is 4. The van der Waals surface area contributed by atoms with Crippen molar-refractivity contribution >= 4 is 17.4 Å². The smallest absolute Gasteiger partial charge is 0.134 e. The highest BCUT2D eigenvalue weighted by molar-refractivity contribution is 6.29. The summed E-state index contributed by atoms with van der Waals surface area (Å²) < 4.78 is 0. The summed E-state index contributed by atoms with van der Waals surface area (Å²) in [6.07, 6.45) is 5.41. The van der Waals surface area contributed by atoms with Crippen molar-refractivity contribution in [1.29, 1.82) is 0 Å². The number of likely N-dealkylation sites (N-methyl/N-ethyl adjacent to an activating group) is 1. The fourth-order valence-electron chi connectivity index (χ4n) is 3.01. The minimum Gasteiger partial charge on any atom is -0.355 e. The molecule has 2 fully saturated rings. The van der Waals surface area contributed by atoms with Crippen molar-refractivity contribution in [3.05, 3.63) is 17.5 Å². The minimum atomic E-state index is 0.526. The molecule has 0 aromatic carbocycles. The summed E-state index contributed by atoms with van der Waals surface area (Å²) >= 11 is 5.92. The van der Waals surface area contributed by atoms with Gasteiger partial charge in [0.1, 0.15) is 17.3 Å². The van der Waals surface area contributed by atoms with E-state index in [1.54, 1.807) is 6.33 Å². The van der Waals surface area contributed by atoms with Crippen LogP contribution in [0.5, 0.6) is 0 Å². The van der Waals surface area contributed by atoms with E-state index in [2.05, 4.69) is 26.8 Å². The highest BCUT2D eigenvalue weighted by atomic mass is 35.5. The van der Waals surface area contributed by atoms with Crippen molar-refractivity contribution in [3.63, 3.8) is 0 Å². The quantitative estimate of drug-likeness (QED) is 0.714. The number of aromatic nitrogens is 2. The zero-order valence-corrected chi connectivity index (χ0v) is 10.8. The molecule has 3 rings (SSSR count). The van der Waals surface area contributed by atoms with Gasteiger partial charge in [0.05, 0.1) is 0 Å². The fraction of sp³-hybridized carbons (Fsp3) is 0.667. The van der Waals surface area contributed by atoms with Crippen LogP contribution < -0.4 is 4.90 Å². The van der Waals surface area contributed by atoms with Crippen LogP contribution in [0.25, 0.3) is 0 Å². The van der Waals surface area contributed by atoms with Crippen LogP contribution in [0.4, 0.5) is 5.82 Å². The second kappa shape index (κ2) is 4.42. The minimum absolute atomic E-state index is 0.526. The topological polar surface area (TPSA) is 32.3 Å². The van der Waals surface area contributed by atoms with Crippen LogP contribution >= 0.6 is 11.6 Å². The molecule has 1 aromatic rings. The van der Waals surface area contributed by atoms with Gasteiger partial charge in [0.25, 0.3) is 0 Å². The predicted octanol–water partition coefficient (Wildman–Crippen LogP) is 1.80. The molecule has 0 N–H and O–H groups in total. The molecule has 2 atom stereocenters. The molecule has 3 heterocycles. The molecule has 92 valence electrons. The van der Waals surface area contributed by atoms with Gasteiger partial charge in [0, 0.05) is 31.2 Å². The van der Waals surface area contributed by atoms with Crippen LogP contribution in [0.15, 0.2) is 12.4 Å². The molecule has 1 aromatic heterocycles. The zero-order valence-electron chi connectivity index (χ0n) is 10.0. The van der Waals surface area contributed by atoms with Crippen molar-refractivity contribution in [2.24, 2.45) is 0 Å². The highest BCUT2D eigenvalue weighted by Crippen LogP contribution is 2.30. The molecule has 0 spiro atoms. The van der Waals surface area contributed by atoms with Crippen molar-refractivity contribution in [2.75, 3.05) is 25.0 Å². The third-order valence-corrected chi connectivity index (χ3v) is 4.30. The van der Waals surface area contributed by atoms with Crippen molar-refractivity contribution in [2.45, 2.75) is 31.3 Å². The summed E-state index contributed by atoms with van der Waals surface area (Å²) in [5.41, 5.74) is 0. The van der Waals surface area contributed by atoms with E-state index in [9.17, 15) is 0 Å². The molecule has 2 saturated heterocycles. The Kier molecular flexibility index (Phi) is 2.92. The predicted molar refractivity (Wildman–Crippen MR) is 68.4 cm³/mol. The molecule has 2 bridgehead atoms. The van der Waals surface area contributed by atoms with Gasteiger partial charge in [-0.25, -0.2) is 9.97 Å². The number of rotatable bonds is 1. The maximum atomic E-state index is 5.92. The molecule has 2 aliphatic heterocycles. The summed E-state index contributed by atoms with van der Waals surface area (Å²) in [4.78, 5) is 13.1. The molecule has 0 saturated carbocycles. The molecule has 17 heavy (non-hydrogen) atoms. The van der Waals surface area contributed by atoms with Crippen LogP contribution in [0.2, 0.25) is 5.15 Å². The molecule has 2 unspecified atom stereocenters. The third kappa shape index (κ3) is 2.11. The molecule has 5 heteroatoms. The summed E-state index contributed by atoms with van der Waals surface area (Å²) in [5, 5.41) is 0.526. The molecule has 0 radical (unpaired) electrons. The Balaban J connectivity index is 1.81. The fourth-order valence-corrected chi connectivity index (χ4v) is 3.16. The lowest BCUT2D eigenvalue weighted by molar-refractivity contribution is 0.254. The normalized spacial score (nSPS) is 29.4. The lowest BCUT2D eigenvalue weighted by Gasteiger charge is -2.26. The van der Waals surface area contributed by atoms with Crippen LogP contribution in [0.3, 0.4) is 0 Å². The van der Waals surface area contributed by atoms with E-state index < -0.39 is 0 Å². The van der Waals surface area contributed by atoms with Gasteiger partial charge in [0.2, 0.25) is 0 Å². The van der Waals surface area contributed by atoms with Gasteiger partial charge >= 0.3 is 0 Å². The van der Waals surface area contributed by atoms with Crippen LogP contribution in [0.1, 0.15) is 19.3 Å². The molecule has 0 aliphatic carbocycles. The van der Waals surface area contributed by atoms with Gasteiger partial charge in [-0.3, -0.25) is 4.90 Å². The Morgan fingerprint density at radius 2 is 2.06 bits per heavy atom. The van der Waals surface area contributed by atoms with Gasteiger partial charge in [0.15, 0.2) is 0 Å². The first kappa shape index (κ1) is 11.2. The lowest BCUT2D eigenvalue weighted by atomic mass is 10.1. The molecule has 0 amide bonds. The van der Waals surface area contributed by atoms with Gasteiger partial charge in [-0.1, -0.05) is 11.6 Å². The SMILES string of the molecule is CN1C2CCC1CN(c1cc(Cl)ncn1)CC2. The van der Waals surface area contributed by atoms with Gasteiger partial charge in [-0.15, -0.1) is 0 Å². The molecular weight excluding hydrogens is 236 g/mol. The number of nitrogens with zero attached hydrogens (tertiary/aromatic N) is 4. The van der Waals surface area contributed by atoms with Gasteiger partial charge in [-0.05, 0) is 26.3 Å². The molecule has 2 aliphatic rings. The van der Waals surface area contributed by atoms with Crippen molar-refractivity contribution < 1.29 is 0 Å². The number of hydrogen-bond donors (Lipinski definition) is 0. The van der Waals surface area contributed by atoms with E-state index in [1.807, 2.05) is 6.07 Å². The monoisotopic (exact) mass is 252 g/mol. The van der Waals surface area contributed by atoms with E-state index in [4.69, 9.17) is 11.6 Å². The summed E-state index contributed by atoms with van der Waals surface area (Å²) in [6.45, 7) is 2.12. The highest BCUT2D eigenvalue weighted by Gasteiger charge is 2.34. The second-order valence-electron chi connectivity index (χ2n) is 4.98. The van der Waals surface area contributed by atoms with Crippen LogP contribution in [-0.4, -0.2) is 47.1 Å². The number of anilines is 1. The maximum absolute atomic E-state index is 5.92. The number of halogens is 1. The zero-order chi connectivity index (χ0) is 11.8. The third-order valence-electron chi connectivity index (χ3n) is 4.09. The first-order valence-corrected chi connectivity index (χ1v) is 6.56. The largest absolute Gasteiger partial charge is 0.355 e. The second-order valence-corrected chi connectivity index (χ2v) is 5.37. The van der Waals surface area contributed by atoms with E-state index in [-0.39, 0.29) is 0 Å². The Morgan fingerprint density at radius 1 is 1.24 bits per heavy atom. The standard InChI is InChI=1S/C12H17ClN4/c1-16-9-2-3-10(16)7-17(5-4-9)12-6-11(13)14-8-15-12/h6,8-10H,2-5,7H2,1H3. The van der Waals surface area contributed by atoms with Crippen LogP contribution in [-0.2, 0) is 0 Å². The Hall–Kier alpha value is -0.870. The van der Waals surface area contributed by atoms with Crippen LogP contribution in [0, 0.1) is 0 Å². The number of fused-ring (bicyclic) bond motifs is 2. The average molecular weight is 253 g/mol. The van der Waals surface area contributed by atoms with E-state index in [0.717, 1.165) is 24.9 Å². The van der Waals surface area contributed by atoms with E-state index >= 15 is 0 Å². The summed E-state index contributed by atoms with van der Waals surface area (Å²) in [7, 11) is 2.25. The van der Waals surface area contributed by atoms with E-state index in [1.165, 1.54) is 19.3 Å². The van der Waals surface area contributed by atoms with Gasteiger partial charge in [-0.2, -0.15) is 0 Å².